The van der Waals surface area contributed by atoms with Gasteiger partial charge in [0.2, 0.25) is 0 Å². The number of carbonyl (C=O) groups is 1. The zero-order valence-corrected chi connectivity index (χ0v) is 27.2. The predicted octanol–water partition coefficient (Wildman–Crippen LogP) is 7.49. The van der Waals surface area contributed by atoms with Crippen LogP contribution in [-0.2, 0) is 10.2 Å². The zero-order chi connectivity index (χ0) is 31.6. The summed E-state index contributed by atoms with van der Waals surface area (Å²) >= 11 is 1.06. The molecule has 0 saturated carbocycles. The number of alkyl halides is 3. The summed E-state index contributed by atoms with van der Waals surface area (Å²) in [7, 11) is -6.21. The molecule has 0 aliphatic carbocycles. The fourth-order valence-corrected chi connectivity index (χ4v) is 7.10. The number of nitrogens with one attached hydrogen (secondary N) is 2. The van der Waals surface area contributed by atoms with Gasteiger partial charge in [0.1, 0.15) is 11.5 Å². The van der Waals surface area contributed by atoms with Crippen molar-refractivity contribution in [3.8, 4) is 22.8 Å². The quantitative estimate of drug-likeness (QED) is 0.231. The molecular weight excluding hydrogens is 622 g/mol. The second-order valence-corrected chi connectivity index (χ2v) is 19.0. The van der Waals surface area contributed by atoms with Gasteiger partial charge < -0.3 is 14.5 Å². The Morgan fingerprint density at radius 3 is 2.28 bits per heavy atom. The van der Waals surface area contributed by atoms with Gasteiger partial charge in [-0.2, -0.15) is 12.7 Å². The third kappa shape index (κ3) is 8.49. The first-order chi connectivity index (χ1) is 19.9. The van der Waals surface area contributed by atoms with Crippen molar-refractivity contribution in [3.05, 3.63) is 52.9 Å². The molecular formula is C28H35F3N4O5S2Si. The predicted molar refractivity (Wildman–Crippen MR) is 164 cm³/mol. The number of piperidine rings is 1. The maximum atomic E-state index is 13.3. The van der Waals surface area contributed by atoms with E-state index in [2.05, 4.69) is 53.6 Å². The zero-order valence-electron chi connectivity index (χ0n) is 24.5. The number of carbonyl (C=O) groups excluding carboxylic acids is 1. The van der Waals surface area contributed by atoms with Gasteiger partial charge >= 0.3 is 16.6 Å². The molecule has 1 amide bonds. The number of nitrogens with zero attached hydrogens (tertiary/aromatic N) is 2. The standard InChI is InChI=1S/C28H35F3N4O5S2Si/c1-27(2,3)43(4,5)40-24-14-11-20(17-22(24)34-42(37,38)35-15-7-6-8-16-35)32-25(36)26-33-23(18-41-26)19-9-12-21(13-10-19)39-28(29,30)31/h9-14,17-18,34H,6-8,15-16H2,1-5H3,(H,32,36). The summed E-state index contributed by atoms with van der Waals surface area (Å²) in [6.45, 7) is 11.2. The number of hydrogen-bond donors (Lipinski definition) is 2. The van der Waals surface area contributed by atoms with Crippen molar-refractivity contribution in [3.63, 3.8) is 0 Å². The van der Waals surface area contributed by atoms with Gasteiger partial charge in [-0.05, 0) is 73.4 Å². The average molecular weight is 657 g/mol. The molecule has 1 aliphatic rings. The molecule has 1 aliphatic heterocycles. The number of halogens is 3. The molecule has 2 aromatic carbocycles. The van der Waals surface area contributed by atoms with Crippen LogP contribution in [0.4, 0.5) is 24.5 Å². The van der Waals surface area contributed by atoms with Crippen molar-refractivity contribution in [2.45, 2.75) is 64.5 Å². The molecule has 0 bridgehead atoms. The molecule has 2 N–H and O–H groups in total. The van der Waals surface area contributed by atoms with Crippen LogP contribution in [0, 0.1) is 0 Å². The minimum Gasteiger partial charge on any atom is -0.542 e. The first-order valence-electron chi connectivity index (χ1n) is 13.7. The Labute approximate surface area is 254 Å². The van der Waals surface area contributed by atoms with Gasteiger partial charge in [0.15, 0.2) is 5.01 Å². The highest BCUT2D eigenvalue weighted by molar-refractivity contribution is 7.90. The highest BCUT2D eigenvalue weighted by Gasteiger charge is 2.40. The van der Waals surface area contributed by atoms with Gasteiger partial charge in [-0.15, -0.1) is 24.5 Å². The van der Waals surface area contributed by atoms with Gasteiger partial charge in [-0.25, -0.2) is 4.98 Å². The van der Waals surface area contributed by atoms with E-state index in [0.717, 1.165) is 30.6 Å². The number of rotatable bonds is 9. The summed E-state index contributed by atoms with van der Waals surface area (Å²) in [6.07, 6.45) is -2.25. The monoisotopic (exact) mass is 656 g/mol. The van der Waals surface area contributed by atoms with Gasteiger partial charge in [-0.3, -0.25) is 9.52 Å². The van der Waals surface area contributed by atoms with Crippen LogP contribution in [0.15, 0.2) is 47.8 Å². The molecule has 1 saturated heterocycles. The van der Waals surface area contributed by atoms with Crippen LogP contribution in [0.25, 0.3) is 11.3 Å². The number of hydrogen-bond acceptors (Lipinski definition) is 7. The topological polar surface area (TPSA) is 110 Å². The van der Waals surface area contributed by atoms with Crippen molar-refractivity contribution < 1.29 is 35.5 Å². The Morgan fingerprint density at radius 1 is 1.02 bits per heavy atom. The van der Waals surface area contributed by atoms with Crippen LogP contribution in [0.2, 0.25) is 18.1 Å². The van der Waals surface area contributed by atoms with Crippen LogP contribution < -0.4 is 19.2 Å². The first-order valence-corrected chi connectivity index (χ1v) is 18.9. The van der Waals surface area contributed by atoms with Crippen LogP contribution in [0.1, 0.15) is 49.8 Å². The van der Waals surface area contributed by atoms with E-state index < -0.39 is 30.8 Å². The third-order valence-electron chi connectivity index (χ3n) is 7.38. The normalized spacial score (nSPS) is 15.2. The molecule has 2 heterocycles. The molecule has 234 valence electrons. The lowest BCUT2D eigenvalue weighted by Gasteiger charge is -2.37. The second-order valence-electron chi connectivity index (χ2n) is 11.7. The number of benzene rings is 2. The lowest BCUT2D eigenvalue weighted by molar-refractivity contribution is -0.274. The van der Waals surface area contributed by atoms with Crippen LogP contribution in [0.3, 0.4) is 0 Å². The van der Waals surface area contributed by atoms with Crippen LogP contribution in [0.5, 0.6) is 11.5 Å². The molecule has 0 spiro atoms. The second kappa shape index (κ2) is 12.5. The van der Waals surface area contributed by atoms with Gasteiger partial charge in [0.05, 0.1) is 11.4 Å². The Kier molecular flexibility index (Phi) is 9.49. The fraction of sp³-hybridized carbons (Fsp3) is 0.429. The largest absolute Gasteiger partial charge is 0.573 e. The molecule has 3 aromatic rings. The van der Waals surface area contributed by atoms with Crippen molar-refractivity contribution in [1.29, 1.82) is 0 Å². The fourth-order valence-electron chi connectivity index (χ4n) is 4.04. The molecule has 1 fully saturated rings. The van der Waals surface area contributed by atoms with E-state index in [0.29, 0.717) is 35.8 Å². The SMILES string of the molecule is CC(C)(C)[Si](C)(C)Oc1ccc(NC(=O)c2nc(-c3ccc(OC(F)(F)F)cc3)cs2)cc1NS(=O)(=O)N1CCCCC1. The molecule has 0 radical (unpaired) electrons. The number of aromatic nitrogens is 1. The minimum absolute atomic E-state index is 0.114. The summed E-state index contributed by atoms with van der Waals surface area (Å²) in [5.41, 5.74) is 1.46. The summed E-state index contributed by atoms with van der Waals surface area (Å²) < 4.78 is 78.3. The van der Waals surface area contributed by atoms with E-state index in [1.54, 1.807) is 17.5 Å². The highest BCUT2D eigenvalue weighted by Crippen LogP contribution is 2.40. The number of anilines is 2. The van der Waals surface area contributed by atoms with E-state index in [4.69, 9.17) is 4.43 Å². The van der Waals surface area contributed by atoms with Crippen molar-refractivity contribution in [2.24, 2.45) is 0 Å². The van der Waals surface area contributed by atoms with E-state index >= 15 is 0 Å². The number of thiazole rings is 1. The number of ether oxygens (including phenoxy) is 1. The van der Waals surface area contributed by atoms with E-state index in [-0.39, 0.29) is 21.5 Å². The lowest BCUT2D eigenvalue weighted by Crippen LogP contribution is -2.44. The molecule has 9 nitrogen and oxygen atoms in total. The maximum Gasteiger partial charge on any atom is 0.573 e. The molecule has 43 heavy (non-hydrogen) atoms. The Balaban J connectivity index is 1.55. The van der Waals surface area contributed by atoms with Gasteiger partial charge in [0.25, 0.3) is 14.2 Å². The van der Waals surface area contributed by atoms with E-state index in [1.165, 1.54) is 34.6 Å². The Hall–Kier alpha value is -3.14. The molecule has 0 unspecified atom stereocenters. The summed E-state index contributed by atoms with van der Waals surface area (Å²) in [5.74, 6) is -0.520. The molecule has 0 atom stereocenters. The van der Waals surface area contributed by atoms with Crippen molar-refractivity contribution >= 4 is 47.1 Å². The summed E-state index contributed by atoms with van der Waals surface area (Å²) in [6, 6.07) is 9.97. The van der Waals surface area contributed by atoms with E-state index in [1.807, 2.05) is 0 Å². The number of amides is 1. The minimum atomic E-state index is -4.80. The average Bonchev–Trinajstić information content (AvgIpc) is 3.40. The van der Waals surface area contributed by atoms with Gasteiger partial charge in [-0.1, -0.05) is 27.2 Å². The maximum absolute atomic E-state index is 13.3. The van der Waals surface area contributed by atoms with Crippen LogP contribution >= 0.6 is 11.3 Å². The third-order valence-corrected chi connectivity index (χ3v) is 14.1. The van der Waals surface area contributed by atoms with E-state index in [9.17, 15) is 26.4 Å². The molecule has 1 aromatic heterocycles. The van der Waals surface area contributed by atoms with Crippen molar-refractivity contribution in [1.82, 2.24) is 9.29 Å². The highest BCUT2D eigenvalue weighted by atomic mass is 32.2. The molecule has 4 rings (SSSR count). The summed E-state index contributed by atoms with van der Waals surface area (Å²) in [5, 5.41) is 4.34. The van der Waals surface area contributed by atoms with Crippen LogP contribution in [-0.4, -0.2) is 51.4 Å². The summed E-state index contributed by atoms with van der Waals surface area (Å²) in [4.78, 5) is 17.4. The van der Waals surface area contributed by atoms with Crippen molar-refractivity contribution in [2.75, 3.05) is 23.1 Å². The smallest absolute Gasteiger partial charge is 0.542 e. The lowest BCUT2D eigenvalue weighted by atomic mass is 10.2. The molecule has 15 heteroatoms. The van der Waals surface area contributed by atoms with Gasteiger partial charge in [0, 0.05) is 29.7 Å². The Morgan fingerprint density at radius 2 is 1.67 bits per heavy atom. The first kappa shape index (κ1) is 32.8. The Bertz CT molecular complexity index is 1550.